The molecule has 1 rings (SSSR count). The third-order valence-electron chi connectivity index (χ3n) is 1.86. The van der Waals surface area contributed by atoms with Gasteiger partial charge in [-0.1, -0.05) is 6.08 Å². The molecule has 1 heterocycles. The molecule has 1 fully saturated rings. The van der Waals surface area contributed by atoms with E-state index in [2.05, 4.69) is 6.58 Å². The smallest absolute Gasteiger partial charge is 0.351 e. The predicted octanol–water partition coefficient (Wildman–Crippen LogP) is 0.811. The second-order valence-electron chi connectivity index (χ2n) is 2.86. The van der Waals surface area contributed by atoms with Crippen molar-refractivity contribution < 1.29 is 19.1 Å². The van der Waals surface area contributed by atoms with Crippen molar-refractivity contribution in [3.05, 3.63) is 12.7 Å². The van der Waals surface area contributed by atoms with Crippen molar-refractivity contribution in [2.75, 3.05) is 6.61 Å². The van der Waals surface area contributed by atoms with Gasteiger partial charge in [-0.15, -0.1) is 6.58 Å². The molecule has 0 saturated carbocycles. The van der Waals surface area contributed by atoms with Crippen LogP contribution >= 0.6 is 0 Å². The van der Waals surface area contributed by atoms with E-state index in [0.29, 0.717) is 6.42 Å². The van der Waals surface area contributed by atoms with Crippen LogP contribution in [0.2, 0.25) is 0 Å². The van der Waals surface area contributed by atoms with Crippen LogP contribution in [0.5, 0.6) is 0 Å². The minimum atomic E-state index is -1.07. The lowest BCUT2D eigenvalue weighted by molar-refractivity contribution is -0.207. The van der Waals surface area contributed by atoms with Crippen molar-refractivity contribution in [2.24, 2.45) is 0 Å². The van der Waals surface area contributed by atoms with E-state index in [1.54, 1.807) is 13.0 Å². The Morgan fingerprint density at radius 3 is 2.85 bits per heavy atom. The van der Waals surface area contributed by atoms with E-state index in [1.807, 2.05) is 0 Å². The van der Waals surface area contributed by atoms with Gasteiger partial charge in [0, 0.05) is 6.42 Å². The maximum atomic E-state index is 11.3. The van der Waals surface area contributed by atoms with Crippen molar-refractivity contribution >= 4 is 11.9 Å². The molecular weight excluding hydrogens is 172 g/mol. The number of carbonyl (C=O) groups excluding carboxylic acids is 2. The molecule has 0 aromatic carbocycles. The second-order valence-corrected chi connectivity index (χ2v) is 2.86. The summed E-state index contributed by atoms with van der Waals surface area (Å²) in [6, 6.07) is 0. The Morgan fingerprint density at radius 1 is 1.85 bits per heavy atom. The first-order valence-corrected chi connectivity index (χ1v) is 4.14. The number of hydrogen-bond acceptors (Lipinski definition) is 4. The number of ether oxygens (including phenoxy) is 2. The largest absolute Gasteiger partial charge is 0.463 e. The van der Waals surface area contributed by atoms with E-state index in [1.165, 1.54) is 0 Å². The zero-order valence-corrected chi connectivity index (χ0v) is 7.54. The SMILES string of the molecule is C=CC[C@@]1(C(=O)OCC)CC(=O)O1. The van der Waals surface area contributed by atoms with E-state index in [0.717, 1.165) is 0 Å². The summed E-state index contributed by atoms with van der Waals surface area (Å²) in [4.78, 5) is 22.0. The molecule has 1 aliphatic rings. The molecule has 1 saturated heterocycles. The second kappa shape index (κ2) is 3.60. The van der Waals surface area contributed by atoms with E-state index in [4.69, 9.17) is 9.47 Å². The number of cyclic esters (lactones) is 1. The minimum absolute atomic E-state index is 0.0951. The maximum absolute atomic E-state index is 11.3. The molecular formula is C9H12O4. The Bertz CT molecular complexity index is 230. The number of carbonyl (C=O) groups is 2. The fraction of sp³-hybridized carbons (Fsp3) is 0.556. The van der Waals surface area contributed by atoms with Gasteiger partial charge in [0.15, 0.2) is 0 Å². The molecule has 0 spiro atoms. The fourth-order valence-electron chi connectivity index (χ4n) is 1.25. The van der Waals surface area contributed by atoms with Crippen molar-refractivity contribution in [2.45, 2.75) is 25.4 Å². The highest BCUT2D eigenvalue weighted by Crippen LogP contribution is 2.32. The van der Waals surface area contributed by atoms with Gasteiger partial charge in [0.1, 0.15) is 0 Å². The Labute approximate surface area is 76.5 Å². The first-order chi connectivity index (χ1) is 6.14. The predicted molar refractivity (Wildman–Crippen MR) is 44.9 cm³/mol. The first kappa shape index (κ1) is 9.77. The lowest BCUT2D eigenvalue weighted by Crippen LogP contribution is -2.54. The topological polar surface area (TPSA) is 52.6 Å². The highest BCUT2D eigenvalue weighted by atomic mass is 16.6. The summed E-state index contributed by atoms with van der Waals surface area (Å²) in [7, 11) is 0. The molecule has 4 nitrogen and oxygen atoms in total. The highest BCUT2D eigenvalue weighted by Gasteiger charge is 2.52. The Kier molecular flexibility index (Phi) is 2.70. The lowest BCUT2D eigenvalue weighted by atomic mass is 9.90. The summed E-state index contributed by atoms with van der Waals surface area (Å²) in [6.07, 6.45) is 1.96. The third-order valence-corrected chi connectivity index (χ3v) is 1.86. The highest BCUT2D eigenvalue weighted by molar-refractivity contribution is 5.93. The maximum Gasteiger partial charge on any atom is 0.351 e. The average Bonchev–Trinajstić information content (AvgIpc) is 2.02. The van der Waals surface area contributed by atoms with E-state index in [-0.39, 0.29) is 19.0 Å². The normalized spacial score (nSPS) is 25.8. The molecule has 0 bridgehead atoms. The van der Waals surface area contributed by atoms with Gasteiger partial charge in [-0.2, -0.15) is 0 Å². The van der Waals surface area contributed by atoms with Crippen molar-refractivity contribution in [1.29, 1.82) is 0 Å². The molecule has 0 unspecified atom stereocenters. The molecule has 0 aromatic rings. The number of rotatable bonds is 4. The molecule has 0 N–H and O–H groups in total. The van der Waals surface area contributed by atoms with Crippen LogP contribution in [0.15, 0.2) is 12.7 Å². The molecule has 0 aromatic heterocycles. The molecule has 72 valence electrons. The van der Waals surface area contributed by atoms with Crippen molar-refractivity contribution in [3.63, 3.8) is 0 Å². The third kappa shape index (κ3) is 1.71. The van der Waals surface area contributed by atoms with Crippen LogP contribution in [-0.4, -0.2) is 24.1 Å². The quantitative estimate of drug-likeness (QED) is 0.479. The molecule has 0 amide bonds. The van der Waals surface area contributed by atoms with Crippen LogP contribution in [0, 0.1) is 0 Å². The Balaban J connectivity index is 2.63. The lowest BCUT2D eigenvalue weighted by Gasteiger charge is -2.36. The molecule has 1 aliphatic heterocycles. The molecule has 0 radical (unpaired) electrons. The van der Waals surface area contributed by atoms with E-state index < -0.39 is 11.6 Å². The summed E-state index contributed by atoms with van der Waals surface area (Å²) in [5, 5.41) is 0. The van der Waals surface area contributed by atoms with Gasteiger partial charge < -0.3 is 9.47 Å². The van der Waals surface area contributed by atoms with Gasteiger partial charge in [0.05, 0.1) is 13.0 Å². The summed E-state index contributed by atoms with van der Waals surface area (Å²) in [5.41, 5.74) is -1.07. The minimum Gasteiger partial charge on any atom is -0.463 e. The van der Waals surface area contributed by atoms with Crippen molar-refractivity contribution in [1.82, 2.24) is 0 Å². The van der Waals surface area contributed by atoms with Gasteiger partial charge in [-0.05, 0) is 6.92 Å². The van der Waals surface area contributed by atoms with Crippen LogP contribution < -0.4 is 0 Å². The molecule has 4 heteroatoms. The van der Waals surface area contributed by atoms with Gasteiger partial charge in [0.2, 0.25) is 5.60 Å². The zero-order chi connectivity index (χ0) is 9.90. The van der Waals surface area contributed by atoms with Crippen LogP contribution in [0.25, 0.3) is 0 Å². The summed E-state index contributed by atoms with van der Waals surface area (Å²) in [6.45, 7) is 5.49. The zero-order valence-electron chi connectivity index (χ0n) is 7.54. The summed E-state index contributed by atoms with van der Waals surface area (Å²) in [5.74, 6) is -0.843. The van der Waals surface area contributed by atoms with Gasteiger partial charge in [0.25, 0.3) is 0 Å². The number of esters is 2. The molecule has 13 heavy (non-hydrogen) atoms. The molecule has 1 atom stereocenters. The Hall–Kier alpha value is -1.32. The summed E-state index contributed by atoms with van der Waals surface area (Å²) >= 11 is 0. The van der Waals surface area contributed by atoms with E-state index >= 15 is 0 Å². The fourth-order valence-corrected chi connectivity index (χ4v) is 1.25. The van der Waals surface area contributed by atoms with Gasteiger partial charge in [-0.3, -0.25) is 4.79 Å². The Morgan fingerprint density at radius 2 is 2.46 bits per heavy atom. The molecule has 0 aliphatic carbocycles. The van der Waals surface area contributed by atoms with Crippen LogP contribution in [0.1, 0.15) is 19.8 Å². The van der Waals surface area contributed by atoms with E-state index in [9.17, 15) is 9.59 Å². The standard InChI is InChI=1S/C9H12O4/c1-3-5-9(6-7(10)13-9)8(11)12-4-2/h3H,1,4-6H2,2H3/t9-/m0/s1. The first-order valence-electron chi connectivity index (χ1n) is 4.14. The van der Waals surface area contributed by atoms with Crippen molar-refractivity contribution in [3.8, 4) is 0 Å². The van der Waals surface area contributed by atoms with Crippen LogP contribution in [0.4, 0.5) is 0 Å². The monoisotopic (exact) mass is 184 g/mol. The van der Waals surface area contributed by atoms with Gasteiger partial charge >= 0.3 is 11.9 Å². The van der Waals surface area contributed by atoms with Crippen LogP contribution in [0.3, 0.4) is 0 Å². The summed E-state index contributed by atoms with van der Waals surface area (Å²) < 4.78 is 9.58. The number of hydrogen-bond donors (Lipinski definition) is 0. The average molecular weight is 184 g/mol. The van der Waals surface area contributed by atoms with Gasteiger partial charge in [-0.25, -0.2) is 4.79 Å². The van der Waals surface area contributed by atoms with Crippen LogP contribution in [-0.2, 0) is 19.1 Å².